The zero-order chi connectivity index (χ0) is 25.2. The van der Waals surface area contributed by atoms with Crippen molar-refractivity contribution in [2.75, 3.05) is 11.6 Å². The summed E-state index contributed by atoms with van der Waals surface area (Å²) in [7, 11) is 0. The number of aromatic nitrogens is 3. The Bertz CT molecular complexity index is 1200. The van der Waals surface area contributed by atoms with Gasteiger partial charge < -0.3 is 5.32 Å². The van der Waals surface area contributed by atoms with Gasteiger partial charge in [-0.2, -0.15) is 0 Å². The number of nitrogens with zero attached hydrogens (tertiary/aromatic N) is 4. The fourth-order valence-corrected chi connectivity index (χ4v) is 6.29. The molecule has 0 spiro atoms. The van der Waals surface area contributed by atoms with E-state index in [1.54, 1.807) is 0 Å². The number of amides is 1. The van der Waals surface area contributed by atoms with Crippen LogP contribution in [-0.4, -0.2) is 33.4 Å². The number of hydrogen-bond donors (Lipinski definition) is 3. The van der Waals surface area contributed by atoms with E-state index in [9.17, 15) is 4.79 Å². The molecule has 6 rings (SSSR count). The first kappa shape index (κ1) is 24.1. The van der Waals surface area contributed by atoms with Crippen molar-refractivity contribution in [1.29, 1.82) is 0 Å². The second kappa shape index (κ2) is 10.6. The molecule has 1 aliphatic carbocycles. The first-order valence-electron chi connectivity index (χ1n) is 13.8. The van der Waals surface area contributed by atoms with Gasteiger partial charge in [-0.25, -0.2) is 5.43 Å². The van der Waals surface area contributed by atoms with Crippen molar-refractivity contribution in [3.05, 3.63) is 77.6 Å². The molecule has 1 saturated heterocycles. The smallest absolute Gasteiger partial charge is 0.243 e. The fourth-order valence-electron chi connectivity index (χ4n) is 6.29. The summed E-state index contributed by atoms with van der Waals surface area (Å²) in [5.41, 5.74) is 6.13. The number of rotatable bonds is 8. The van der Waals surface area contributed by atoms with E-state index in [2.05, 4.69) is 85.2 Å². The lowest BCUT2D eigenvalue weighted by atomic mass is 9.81. The second-order valence-electron chi connectivity index (χ2n) is 10.7. The van der Waals surface area contributed by atoms with E-state index in [4.69, 9.17) is 0 Å². The van der Waals surface area contributed by atoms with Gasteiger partial charge in [0.1, 0.15) is 18.2 Å². The van der Waals surface area contributed by atoms with Crippen LogP contribution in [0.15, 0.2) is 60.7 Å². The average Bonchev–Trinajstić information content (AvgIpc) is 3.58. The van der Waals surface area contributed by atoms with Crippen LogP contribution in [0.2, 0.25) is 0 Å². The van der Waals surface area contributed by atoms with Crippen LogP contribution in [-0.2, 0) is 11.2 Å². The monoisotopic (exact) mass is 499 g/mol. The van der Waals surface area contributed by atoms with Crippen LogP contribution in [0, 0.1) is 5.92 Å². The molecule has 37 heavy (non-hydrogen) atoms. The Kier molecular flexibility index (Phi) is 6.93. The molecule has 1 saturated carbocycles. The minimum atomic E-state index is 0.0578. The Morgan fingerprint density at radius 3 is 2.62 bits per heavy atom. The van der Waals surface area contributed by atoms with E-state index in [1.165, 1.54) is 30.4 Å². The Morgan fingerprint density at radius 2 is 1.81 bits per heavy atom. The molecule has 4 unspecified atom stereocenters. The van der Waals surface area contributed by atoms with Gasteiger partial charge in [-0.1, -0.05) is 80.4 Å². The quantitative estimate of drug-likeness (QED) is 0.431. The van der Waals surface area contributed by atoms with Gasteiger partial charge in [0.2, 0.25) is 11.9 Å². The van der Waals surface area contributed by atoms with Gasteiger partial charge in [0.15, 0.2) is 0 Å². The lowest BCUT2D eigenvalue weighted by molar-refractivity contribution is -0.121. The van der Waals surface area contributed by atoms with Crippen molar-refractivity contribution in [3.8, 4) is 0 Å². The van der Waals surface area contributed by atoms with Crippen LogP contribution in [0.1, 0.15) is 80.5 Å². The first-order chi connectivity index (χ1) is 18.2. The molecule has 5 atom stereocenters. The number of anilines is 1. The number of fused-ring (bicyclic) bond motifs is 6. The first-order valence-corrected chi connectivity index (χ1v) is 13.8. The van der Waals surface area contributed by atoms with Crippen LogP contribution in [0.25, 0.3) is 0 Å². The molecule has 2 fully saturated rings. The Hall–Kier alpha value is -3.23. The van der Waals surface area contributed by atoms with Crippen molar-refractivity contribution in [2.45, 2.75) is 76.2 Å². The van der Waals surface area contributed by atoms with Gasteiger partial charge in [-0.3, -0.25) is 19.7 Å². The predicted molar refractivity (Wildman–Crippen MR) is 144 cm³/mol. The molecular formula is C29H37N7O. The Labute approximate surface area is 218 Å². The van der Waals surface area contributed by atoms with E-state index >= 15 is 0 Å². The highest BCUT2D eigenvalue weighted by molar-refractivity contribution is 5.75. The van der Waals surface area contributed by atoms with Gasteiger partial charge in [-0.05, 0) is 36.3 Å². The largest absolute Gasteiger partial charge is 0.356 e. The number of benzene rings is 2. The van der Waals surface area contributed by atoms with E-state index in [0.717, 1.165) is 31.0 Å². The van der Waals surface area contributed by atoms with Crippen LogP contribution < -0.4 is 21.1 Å². The topological polar surface area (TPSA) is 87.1 Å². The third-order valence-corrected chi connectivity index (χ3v) is 8.28. The summed E-state index contributed by atoms with van der Waals surface area (Å²) in [5, 5.41) is 18.4. The number of aryl methyl sites for hydroxylation is 1. The molecule has 0 radical (unpaired) electrons. The summed E-state index contributed by atoms with van der Waals surface area (Å²) in [6.07, 6.45) is 7.14. The normalized spacial score (nSPS) is 25.2. The number of carbonyl (C=O) groups is 1. The second-order valence-corrected chi connectivity index (χ2v) is 10.7. The number of nitrogens with one attached hydrogen (secondary N) is 3. The highest BCUT2D eigenvalue weighted by atomic mass is 16.1. The summed E-state index contributed by atoms with van der Waals surface area (Å²) in [4.78, 5) is 12.6. The number of hydrogen-bond acceptors (Lipinski definition) is 6. The zero-order valence-corrected chi connectivity index (χ0v) is 21.5. The third kappa shape index (κ3) is 4.88. The lowest BCUT2D eigenvalue weighted by Crippen LogP contribution is -2.53. The van der Waals surface area contributed by atoms with E-state index in [-0.39, 0.29) is 18.2 Å². The SMILES string of the molecule is C[C@H](CNC(=O)CCCc1nnc2n1C1CCCCC1C1NC(c3ccccc3)NN21)c1ccccc1. The maximum absolute atomic E-state index is 12.6. The molecule has 2 aromatic carbocycles. The molecule has 8 heteroatoms. The van der Waals surface area contributed by atoms with Crippen LogP contribution in [0.5, 0.6) is 0 Å². The molecule has 3 aliphatic rings. The molecular weight excluding hydrogens is 462 g/mol. The standard InChI is InChI=1S/C29H37N7O/c1-20(21-11-4-2-5-12-21)19-30-26(37)18-10-17-25-32-33-29-35(25)24-16-9-8-15-23(24)28-31-27(34-36(28)29)22-13-6-3-7-14-22/h2-7,11-14,20,23-24,27-28,31,34H,8-10,15-19H2,1H3,(H,30,37)/t20-,23?,24?,27?,28?/m1/s1. The lowest BCUT2D eigenvalue weighted by Gasteiger charge is -2.44. The van der Waals surface area contributed by atoms with Gasteiger partial charge in [0.05, 0.1) is 0 Å². The van der Waals surface area contributed by atoms with Gasteiger partial charge >= 0.3 is 0 Å². The molecule has 3 heterocycles. The molecule has 3 aromatic rings. The maximum Gasteiger partial charge on any atom is 0.243 e. The molecule has 2 aliphatic heterocycles. The van der Waals surface area contributed by atoms with Crippen molar-refractivity contribution >= 4 is 11.9 Å². The highest BCUT2D eigenvalue weighted by Crippen LogP contribution is 2.45. The zero-order valence-electron chi connectivity index (χ0n) is 21.5. The minimum absolute atomic E-state index is 0.0578. The molecule has 8 nitrogen and oxygen atoms in total. The van der Waals surface area contributed by atoms with E-state index in [0.29, 0.717) is 30.8 Å². The van der Waals surface area contributed by atoms with Gasteiger partial charge in [-0.15, -0.1) is 10.2 Å². The minimum Gasteiger partial charge on any atom is -0.356 e. The summed E-state index contributed by atoms with van der Waals surface area (Å²) in [5.74, 6) is 2.80. The van der Waals surface area contributed by atoms with Gasteiger partial charge in [0, 0.05) is 31.3 Å². The molecule has 3 N–H and O–H groups in total. The van der Waals surface area contributed by atoms with Crippen LogP contribution in [0.4, 0.5) is 5.95 Å². The molecule has 194 valence electrons. The van der Waals surface area contributed by atoms with Gasteiger partial charge in [0.25, 0.3) is 0 Å². The van der Waals surface area contributed by atoms with Crippen molar-refractivity contribution < 1.29 is 4.79 Å². The van der Waals surface area contributed by atoms with E-state index < -0.39 is 0 Å². The van der Waals surface area contributed by atoms with Crippen LogP contribution in [0.3, 0.4) is 0 Å². The maximum atomic E-state index is 12.6. The summed E-state index contributed by atoms with van der Waals surface area (Å²) < 4.78 is 2.37. The average molecular weight is 500 g/mol. The molecule has 1 aromatic heterocycles. The molecule has 1 amide bonds. The molecule has 0 bridgehead atoms. The van der Waals surface area contributed by atoms with E-state index in [1.807, 2.05) is 18.2 Å². The third-order valence-electron chi connectivity index (χ3n) is 8.28. The number of carbonyl (C=O) groups excluding carboxylic acids is 1. The summed E-state index contributed by atoms with van der Waals surface area (Å²) >= 11 is 0. The summed E-state index contributed by atoms with van der Waals surface area (Å²) in [6, 6.07) is 21.3. The van der Waals surface area contributed by atoms with Crippen molar-refractivity contribution in [3.63, 3.8) is 0 Å². The van der Waals surface area contributed by atoms with Crippen LogP contribution >= 0.6 is 0 Å². The van der Waals surface area contributed by atoms with Crippen molar-refractivity contribution in [1.82, 2.24) is 30.8 Å². The highest BCUT2D eigenvalue weighted by Gasteiger charge is 2.48. The number of hydrazine groups is 1. The summed E-state index contributed by atoms with van der Waals surface area (Å²) in [6.45, 7) is 2.81. The fraction of sp³-hybridized carbons (Fsp3) is 0.483. The Morgan fingerprint density at radius 1 is 1.05 bits per heavy atom. The Balaban J connectivity index is 1.10. The predicted octanol–water partition coefficient (Wildman–Crippen LogP) is 4.20. The van der Waals surface area contributed by atoms with Crippen molar-refractivity contribution in [2.24, 2.45) is 5.92 Å².